The molecule has 0 aromatic heterocycles. The molecule has 2 N–H and O–H groups in total. The molecule has 1 aromatic carbocycles. The molecule has 1 aromatic rings. The summed E-state index contributed by atoms with van der Waals surface area (Å²) in [4.78, 5) is 27.6. The summed E-state index contributed by atoms with van der Waals surface area (Å²) >= 11 is 0. The second-order valence-corrected chi connectivity index (χ2v) is 6.15. The highest BCUT2D eigenvalue weighted by molar-refractivity contribution is 5.93. The zero-order valence-electron chi connectivity index (χ0n) is 13.4. The Morgan fingerprint density at radius 3 is 2.61 bits per heavy atom. The van der Waals surface area contributed by atoms with Crippen LogP contribution in [0.4, 0.5) is 16.2 Å². The van der Waals surface area contributed by atoms with Gasteiger partial charge in [0.15, 0.2) is 0 Å². The molecular weight excluding hydrogens is 292 g/mol. The topological polar surface area (TPSA) is 64.7 Å². The lowest BCUT2D eigenvalue weighted by atomic mass is 10.2. The zero-order chi connectivity index (χ0) is 16.1. The number of rotatable bonds is 2. The van der Waals surface area contributed by atoms with E-state index in [0.717, 1.165) is 24.5 Å². The molecule has 0 unspecified atom stereocenters. The van der Waals surface area contributed by atoms with Crippen molar-refractivity contribution in [1.29, 1.82) is 0 Å². The van der Waals surface area contributed by atoms with Gasteiger partial charge in [0, 0.05) is 37.6 Å². The van der Waals surface area contributed by atoms with Crippen LogP contribution in [0, 0.1) is 0 Å². The van der Waals surface area contributed by atoms with Crippen LogP contribution in [-0.2, 0) is 4.79 Å². The fraction of sp³-hybridized carbons (Fsp3) is 0.529. The highest BCUT2D eigenvalue weighted by atomic mass is 16.2. The average molecular weight is 316 g/mol. The second-order valence-electron chi connectivity index (χ2n) is 6.15. The quantitative estimate of drug-likeness (QED) is 0.877. The van der Waals surface area contributed by atoms with Crippen molar-refractivity contribution in [2.75, 3.05) is 42.9 Å². The van der Waals surface area contributed by atoms with Gasteiger partial charge in [-0.25, -0.2) is 4.79 Å². The first kappa shape index (κ1) is 15.6. The van der Waals surface area contributed by atoms with Gasteiger partial charge in [0.05, 0.1) is 0 Å². The van der Waals surface area contributed by atoms with Gasteiger partial charge in [-0.2, -0.15) is 0 Å². The molecule has 23 heavy (non-hydrogen) atoms. The van der Waals surface area contributed by atoms with Crippen LogP contribution in [0.2, 0.25) is 0 Å². The third kappa shape index (κ3) is 4.15. The summed E-state index contributed by atoms with van der Waals surface area (Å²) in [6.45, 7) is 3.33. The van der Waals surface area contributed by atoms with Gasteiger partial charge >= 0.3 is 6.03 Å². The van der Waals surface area contributed by atoms with Crippen LogP contribution in [0.3, 0.4) is 0 Å². The van der Waals surface area contributed by atoms with Crippen molar-refractivity contribution in [2.45, 2.75) is 25.7 Å². The summed E-state index contributed by atoms with van der Waals surface area (Å²) < 4.78 is 0. The molecule has 2 fully saturated rings. The smallest absolute Gasteiger partial charge is 0.322 e. The molecule has 0 radical (unpaired) electrons. The molecule has 3 amide bonds. The Balaban J connectivity index is 1.64. The van der Waals surface area contributed by atoms with E-state index in [1.807, 2.05) is 18.2 Å². The van der Waals surface area contributed by atoms with Crippen LogP contribution in [0.25, 0.3) is 0 Å². The molecule has 0 bridgehead atoms. The molecule has 3 rings (SSSR count). The van der Waals surface area contributed by atoms with Gasteiger partial charge in [-0.05, 0) is 31.0 Å². The first-order valence-corrected chi connectivity index (χ1v) is 8.40. The van der Waals surface area contributed by atoms with Crippen molar-refractivity contribution in [3.05, 3.63) is 24.3 Å². The highest BCUT2D eigenvalue weighted by Gasteiger charge is 2.21. The predicted molar refractivity (Wildman–Crippen MR) is 90.7 cm³/mol. The van der Waals surface area contributed by atoms with Gasteiger partial charge in [-0.15, -0.1) is 0 Å². The van der Waals surface area contributed by atoms with Crippen LogP contribution in [-0.4, -0.2) is 49.6 Å². The number of urea groups is 1. The van der Waals surface area contributed by atoms with E-state index in [4.69, 9.17) is 0 Å². The molecule has 6 nitrogen and oxygen atoms in total. The number of carbonyl (C=O) groups excluding carboxylic acids is 2. The van der Waals surface area contributed by atoms with Gasteiger partial charge in [0.25, 0.3) is 0 Å². The maximum absolute atomic E-state index is 12.3. The Morgan fingerprint density at radius 1 is 1.09 bits per heavy atom. The molecule has 2 saturated heterocycles. The second kappa shape index (κ2) is 7.35. The summed E-state index contributed by atoms with van der Waals surface area (Å²) in [5, 5.41) is 5.63. The van der Waals surface area contributed by atoms with Crippen molar-refractivity contribution >= 4 is 23.3 Å². The van der Waals surface area contributed by atoms with E-state index in [1.54, 1.807) is 0 Å². The van der Waals surface area contributed by atoms with E-state index in [0.29, 0.717) is 13.1 Å². The number of hydrogen-bond acceptors (Lipinski definition) is 3. The number of amides is 3. The van der Waals surface area contributed by atoms with Gasteiger partial charge in [-0.3, -0.25) is 4.79 Å². The Labute approximate surface area is 136 Å². The van der Waals surface area contributed by atoms with Gasteiger partial charge in [0.2, 0.25) is 5.91 Å². The van der Waals surface area contributed by atoms with Gasteiger partial charge in [0.1, 0.15) is 6.54 Å². The summed E-state index contributed by atoms with van der Waals surface area (Å²) in [7, 11) is 0. The molecule has 124 valence electrons. The lowest BCUT2D eigenvalue weighted by Crippen LogP contribution is -2.51. The van der Waals surface area contributed by atoms with Crippen LogP contribution in [0.5, 0.6) is 0 Å². The SMILES string of the molecule is O=C1CN(C(=O)Nc2cccc(N3CCCCCC3)c2)CCN1. The lowest BCUT2D eigenvalue weighted by Gasteiger charge is -2.27. The fourth-order valence-corrected chi connectivity index (χ4v) is 3.12. The van der Waals surface area contributed by atoms with Crippen LogP contribution >= 0.6 is 0 Å². The minimum atomic E-state index is -0.215. The summed E-state index contributed by atoms with van der Waals surface area (Å²) in [5.41, 5.74) is 1.93. The number of anilines is 2. The van der Waals surface area contributed by atoms with Gasteiger partial charge in [-0.1, -0.05) is 18.9 Å². The van der Waals surface area contributed by atoms with Gasteiger partial charge < -0.3 is 20.4 Å². The van der Waals surface area contributed by atoms with Crippen molar-refractivity contribution in [1.82, 2.24) is 10.2 Å². The van der Waals surface area contributed by atoms with Crippen LogP contribution < -0.4 is 15.5 Å². The maximum atomic E-state index is 12.3. The normalized spacial score (nSPS) is 19.0. The van der Waals surface area contributed by atoms with E-state index in [-0.39, 0.29) is 18.5 Å². The summed E-state index contributed by atoms with van der Waals surface area (Å²) in [6.07, 6.45) is 5.03. The molecule has 0 aliphatic carbocycles. The Kier molecular flexibility index (Phi) is 5.00. The zero-order valence-corrected chi connectivity index (χ0v) is 13.4. The number of benzene rings is 1. The largest absolute Gasteiger partial charge is 0.371 e. The molecule has 0 saturated carbocycles. The third-order valence-corrected chi connectivity index (χ3v) is 4.39. The Bertz CT molecular complexity index is 567. The number of hydrogen-bond donors (Lipinski definition) is 2. The highest BCUT2D eigenvalue weighted by Crippen LogP contribution is 2.23. The molecular formula is C17H24N4O2. The minimum absolute atomic E-state index is 0.107. The van der Waals surface area contributed by atoms with E-state index >= 15 is 0 Å². The van der Waals surface area contributed by atoms with Crippen LogP contribution in [0.1, 0.15) is 25.7 Å². The summed E-state index contributed by atoms with van der Waals surface area (Å²) in [5.74, 6) is -0.107. The Morgan fingerprint density at radius 2 is 1.87 bits per heavy atom. The van der Waals surface area contributed by atoms with E-state index in [9.17, 15) is 9.59 Å². The first-order valence-electron chi connectivity index (χ1n) is 8.40. The number of nitrogens with zero attached hydrogens (tertiary/aromatic N) is 2. The average Bonchev–Trinajstić information content (AvgIpc) is 2.84. The van der Waals surface area contributed by atoms with Crippen molar-refractivity contribution in [3.8, 4) is 0 Å². The standard InChI is InChI=1S/C17H24N4O2/c22-16-13-21(11-8-18-16)17(23)19-14-6-5-7-15(12-14)20-9-3-1-2-4-10-20/h5-7,12H,1-4,8-11,13H2,(H,18,22)(H,19,23). The molecule has 0 atom stereocenters. The monoisotopic (exact) mass is 316 g/mol. The number of nitrogens with one attached hydrogen (secondary N) is 2. The molecule has 2 aliphatic rings. The van der Waals surface area contributed by atoms with E-state index < -0.39 is 0 Å². The number of carbonyl (C=O) groups is 2. The third-order valence-electron chi connectivity index (χ3n) is 4.39. The van der Waals surface area contributed by atoms with Crippen molar-refractivity contribution in [2.24, 2.45) is 0 Å². The van der Waals surface area contributed by atoms with E-state index in [1.165, 1.54) is 30.6 Å². The Hall–Kier alpha value is -2.24. The summed E-state index contributed by atoms with van der Waals surface area (Å²) in [6, 6.07) is 7.76. The molecule has 6 heteroatoms. The number of piperazine rings is 1. The van der Waals surface area contributed by atoms with Crippen molar-refractivity contribution < 1.29 is 9.59 Å². The lowest BCUT2D eigenvalue weighted by molar-refractivity contribution is -0.123. The molecule has 2 heterocycles. The molecule has 0 spiro atoms. The predicted octanol–water partition coefficient (Wildman–Crippen LogP) is 2.03. The minimum Gasteiger partial charge on any atom is -0.371 e. The maximum Gasteiger partial charge on any atom is 0.322 e. The van der Waals surface area contributed by atoms with E-state index in [2.05, 4.69) is 21.6 Å². The molecule has 2 aliphatic heterocycles. The first-order chi connectivity index (χ1) is 11.2. The fourth-order valence-electron chi connectivity index (χ4n) is 3.12. The van der Waals surface area contributed by atoms with Crippen molar-refractivity contribution in [3.63, 3.8) is 0 Å². The van der Waals surface area contributed by atoms with Crippen LogP contribution in [0.15, 0.2) is 24.3 Å².